The molecule has 0 aliphatic heterocycles. The molecule has 0 spiro atoms. The fourth-order valence-corrected chi connectivity index (χ4v) is 3.00. The van der Waals surface area contributed by atoms with Gasteiger partial charge in [0.25, 0.3) is 0 Å². The van der Waals surface area contributed by atoms with Gasteiger partial charge in [-0.15, -0.1) is 0 Å². The van der Waals surface area contributed by atoms with Crippen LogP contribution in [0.1, 0.15) is 29.4 Å². The first kappa shape index (κ1) is 18.7. The second-order valence-corrected chi connectivity index (χ2v) is 6.67. The van der Waals surface area contributed by atoms with E-state index in [0.29, 0.717) is 34.6 Å². The van der Waals surface area contributed by atoms with Gasteiger partial charge in [0.05, 0.1) is 6.61 Å². The Kier molecular flexibility index (Phi) is 4.99. The van der Waals surface area contributed by atoms with E-state index in [1.807, 2.05) is 32.0 Å². The summed E-state index contributed by atoms with van der Waals surface area (Å²) in [5.41, 5.74) is 0.766. The predicted molar refractivity (Wildman–Crippen MR) is 110 cm³/mol. The average Bonchev–Trinajstić information content (AvgIpc) is 2.72. The molecule has 6 heteroatoms. The van der Waals surface area contributed by atoms with Crippen molar-refractivity contribution in [2.75, 3.05) is 6.61 Å². The molecule has 0 radical (unpaired) electrons. The maximum atomic E-state index is 12.7. The average molecular weight is 389 g/mol. The second kappa shape index (κ2) is 7.75. The summed E-state index contributed by atoms with van der Waals surface area (Å²) in [5, 5.41) is 1.44. The van der Waals surface area contributed by atoms with Crippen molar-refractivity contribution >= 4 is 27.8 Å². The van der Waals surface area contributed by atoms with Gasteiger partial charge in [-0.1, -0.05) is 25.1 Å². The smallest absolute Gasteiger partial charge is 0.351 e. The van der Waals surface area contributed by atoms with E-state index >= 15 is 0 Å². The van der Waals surface area contributed by atoms with Crippen molar-refractivity contribution in [2.24, 2.45) is 0 Å². The molecule has 0 saturated carbocycles. The van der Waals surface area contributed by atoms with Gasteiger partial charge < -0.3 is 13.9 Å². The molecule has 146 valence electrons. The Morgan fingerprint density at radius 1 is 1.07 bits per heavy atom. The molecule has 0 amide bonds. The van der Waals surface area contributed by atoms with Crippen molar-refractivity contribution in [3.05, 3.63) is 76.3 Å². The van der Waals surface area contributed by atoms with Gasteiger partial charge in [-0.25, -0.2) is 14.6 Å². The van der Waals surface area contributed by atoms with Crippen molar-refractivity contribution in [1.82, 2.24) is 4.98 Å². The molecule has 0 saturated heterocycles. The number of benzene rings is 2. The van der Waals surface area contributed by atoms with Gasteiger partial charge >= 0.3 is 11.6 Å². The van der Waals surface area contributed by atoms with Crippen LogP contribution in [0.25, 0.3) is 21.9 Å². The van der Waals surface area contributed by atoms with E-state index in [-0.39, 0.29) is 5.56 Å². The molecule has 29 heavy (non-hydrogen) atoms. The highest BCUT2D eigenvalue weighted by molar-refractivity contribution is 5.96. The first-order valence-electron chi connectivity index (χ1n) is 9.34. The lowest BCUT2D eigenvalue weighted by molar-refractivity contribution is 0.0732. The van der Waals surface area contributed by atoms with E-state index in [1.165, 1.54) is 6.07 Å². The fourth-order valence-electron chi connectivity index (χ4n) is 3.00. The Hall–Kier alpha value is -3.67. The normalized spacial score (nSPS) is 11.0. The van der Waals surface area contributed by atoms with E-state index in [2.05, 4.69) is 4.98 Å². The zero-order valence-corrected chi connectivity index (χ0v) is 16.1. The standard InChI is InChI=1S/C23H19NO5/c1-3-11-27-17-10-9-16-12-18(23(26)29-20(16)13-17)22(25)28-19-6-4-5-15-8-7-14(2)24-21(15)19/h4-10,12-13H,3,11H2,1-2H3. The molecule has 0 bridgehead atoms. The molecular weight excluding hydrogens is 370 g/mol. The summed E-state index contributed by atoms with van der Waals surface area (Å²) in [6, 6.07) is 15.7. The van der Waals surface area contributed by atoms with Gasteiger partial charge in [0.1, 0.15) is 22.4 Å². The third kappa shape index (κ3) is 3.82. The molecule has 0 aliphatic carbocycles. The number of hydrogen-bond donors (Lipinski definition) is 0. The van der Waals surface area contributed by atoms with Gasteiger partial charge in [-0.2, -0.15) is 0 Å². The minimum Gasteiger partial charge on any atom is -0.493 e. The third-order valence-electron chi connectivity index (χ3n) is 4.43. The van der Waals surface area contributed by atoms with E-state index < -0.39 is 11.6 Å². The molecule has 2 aromatic heterocycles. The number of esters is 1. The lowest BCUT2D eigenvalue weighted by atomic mass is 10.1. The fraction of sp³-hybridized carbons (Fsp3) is 0.174. The molecule has 2 aromatic carbocycles. The van der Waals surface area contributed by atoms with Crippen molar-refractivity contribution in [3.8, 4) is 11.5 Å². The molecule has 4 aromatic rings. The molecule has 0 aliphatic rings. The number of aryl methyl sites for hydroxylation is 1. The third-order valence-corrected chi connectivity index (χ3v) is 4.43. The monoisotopic (exact) mass is 389 g/mol. The second-order valence-electron chi connectivity index (χ2n) is 6.67. The summed E-state index contributed by atoms with van der Waals surface area (Å²) in [7, 11) is 0. The maximum Gasteiger partial charge on any atom is 0.351 e. The summed E-state index contributed by atoms with van der Waals surface area (Å²) in [5.74, 6) is 0.108. The zero-order chi connectivity index (χ0) is 20.4. The van der Waals surface area contributed by atoms with E-state index in [0.717, 1.165) is 17.5 Å². The summed E-state index contributed by atoms with van der Waals surface area (Å²) < 4.78 is 16.4. The van der Waals surface area contributed by atoms with E-state index in [4.69, 9.17) is 13.9 Å². The number of carbonyl (C=O) groups is 1. The van der Waals surface area contributed by atoms with Crippen LogP contribution in [0.15, 0.2) is 63.8 Å². The number of nitrogens with zero attached hydrogens (tertiary/aromatic N) is 1. The number of aromatic nitrogens is 1. The van der Waals surface area contributed by atoms with Crippen molar-refractivity contribution in [2.45, 2.75) is 20.3 Å². The number of pyridine rings is 1. The lowest BCUT2D eigenvalue weighted by Crippen LogP contribution is -2.19. The molecule has 0 atom stereocenters. The van der Waals surface area contributed by atoms with Crippen LogP contribution in [0.4, 0.5) is 0 Å². The van der Waals surface area contributed by atoms with Crippen LogP contribution >= 0.6 is 0 Å². The van der Waals surface area contributed by atoms with Gasteiger partial charge in [0.2, 0.25) is 0 Å². The highest BCUT2D eigenvalue weighted by Gasteiger charge is 2.18. The summed E-state index contributed by atoms with van der Waals surface area (Å²) >= 11 is 0. The van der Waals surface area contributed by atoms with Gasteiger partial charge in [0.15, 0.2) is 5.75 Å². The number of rotatable bonds is 5. The van der Waals surface area contributed by atoms with Crippen LogP contribution in [0, 0.1) is 6.92 Å². The van der Waals surface area contributed by atoms with E-state index in [9.17, 15) is 9.59 Å². The highest BCUT2D eigenvalue weighted by Crippen LogP contribution is 2.25. The Morgan fingerprint density at radius 3 is 2.72 bits per heavy atom. The minimum atomic E-state index is -0.789. The first-order chi connectivity index (χ1) is 14.0. The molecule has 0 unspecified atom stereocenters. The van der Waals surface area contributed by atoms with Crippen LogP contribution in [0.2, 0.25) is 0 Å². The molecular formula is C23H19NO5. The SMILES string of the molecule is CCCOc1ccc2cc(C(=O)Oc3cccc4ccc(C)nc34)c(=O)oc2c1. The van der Waals surface area contributed by atoms with Crippen LogP contribution in [0.5, 0.6) is 11.5 Å². The van der Waals surface area contributed by atoms with E-state index in [1.54, 1.807) is 30.3 Å². The highest BCUT2D eigenvalue weighted by atomic mass is 16.5. The van der Waals surface area contributed by atoms with Gasteiger partial charge in [-0.05, 0) is 43.7 Å². The minimum absolute atomic E-state index is 0.176. The quantitative estimate of drug-likeness (QED) is 0.281. The number of hydrogen-bond acceptors (Lipinski definition) is 6. The topological polar surface area (TPSA) is 78.6 Å². The van der Waals surface area contributed by atoms with Crippen molar-refractivity contribution in [1.29, 1.82) is 0 Å². The van der Waals surface area contributed by atoms with Gasteiger partial charge in [0, 0.05) is 22.5 Å². The molecule has 0 N–H and O–H groups in total. The summed E-state index contributed by atoms with van der Waals surface area (Å²) in [4.78, 5) is 29.5. The largest absolute Gasteiger partial charge is 0.493 e. The number of carbonyl (C=O) groups excluding carboxylic acids is 1. The first-order valence-corrected chi connectivity index (χ1v) is 9.34. The Bertz CT molecular complexity index is 1280. The van der Waals surface area contributed by atoms with Crippen molar-refractivity contribution in [3.63, 3.8) is 0 Å². The molecule has 2 heterocycles. The molecule has 4 rings (SSSR count). The van der Waals surface area contributed by atoms with Crippen molar-refractivity contribution < 1.29 is 18.7 Å². The Labute approximate surface area is 166 Å². The van der Waals surface area contributed by atoms with Crippen LogP contribution in [-0.2, 0) is 0 Å². The van der Waals surface area contributed by atoms with Crippen LogP contribution < -0.4 is 15.1 Å². The molecule has 6 nitrogen and oxygen atoms in total. The predicted octanol–water partition coefficient (Wildman–Crippen LogP) is 4.66. The van der Waals surface area contributed by atoms with Crippen LogP contribution in [0.3, 0.4) is 0 Å². The lowest BCUT2D eigenvalue weighted by Gasteiger charge is -2.08. The molecule has 0 fully saturated rings. The number of fused-ring (bicyclic) bond motifs is 2. The van der Waals surface area contributed by atoms with Crippen LogP contribution in [-0.4, -0.2) is 17.6 Å². The summed E-state index contributed by atoms with van der Waals surface area (Å²) in [6.07, 6.45) is 0.870. The maximum absolute atomic E-state index is 12.7. The zero-order valence-electron chi connectivity index (χ0n) is 16.1. The number of para-hydroxylation sites is 1. The number of ether oxygens (including phenoxy) is 2. The summed E-state index contributed by atoms with van der Waals surface area (Å²) in [6.45, 7) is 4.43. The Balaban J connectivity index is 1.68. The van der Waals surface area contributed by atoms with Gasteiger partial charge in [-0.3, -0.25) is 0 Å². The Morgan fingerprint density at radius 2 is 1.90 bits per heavy atom.